The molecule has 2 aromatic carbocycles. The zero-order chi connectivity index (χ0) is 14.7. The Labute approximate surface area is 123 Å². The first-order valence-electron chi connectivity index (χ1n) is 6.74. The van der Waals surface area contributed by atoms with Crippen molar-refractivity contribution in [2.45, 2.75) is 13.5 Å². The second kappa shape index (κ2) is 5.64. The van der Waals surface area contributed by atoms with E-state index < -0.39 is 0 Å². The van der Waals surface area contributed by atoms with Crippen molar-refractivity contribution >= 4 is 10.9 Å². The van der Waals surface area contributed by atoms with Gasteiger partial charge in [0.2, 0.25) is 0 Å². The summed E-state index contributed by atoms with van der Waals surface area (Å²) in [5.41, 5.74) is 3.74. The van der Waals surface area contributed by atoms with Gasteiger partial charge in [0.05, 0.1) is 17.1 Å². The van der Waals surface area contributed by atoms with E-state index in [0.717, 1.165) is 27.8 Å². The molecule has 21 heavy (non-hydrogen) atoms. The molecule has 0 radical (unpaired) electrons. The summed E-state index contributed by atoms with van der Waals surface area (Å²) in [5.74, 6) is 0.823. The molecule has 0 aliphatic rings. The van der Waals surface area contributed by atoms with Crippen molar-refractivity contribution in [1.29, 1.82) is 5.26 Å². The fourth-order valence-corrected chi connectivity index (χ4v) is 2.28. The number of nitriles is 1. The number of aryl methyl sites for hydroxylation is 1. The number of ether oxygens (including phenoxy) is 1. The molecule has 0 atom stereocenters. The molecule has 0 bridgehead atoms. The molecule has 0 N–H and O–H groups in total. The molecule has 1 aromatic heterocycles. The summed E-state index contributed by atoms with van der Waals surface area (Å²) in [5, 5.41) is 9.90. The summed E-state index contributed by atoms with van der Waals surface area (Å²) >= 11 is 0. The van der Waals surface area contributed by atoms with Gasteiger partial charge in [-0.05, 0) is 54.4 Å². The Kier molecular flexibility index (Phi) is 3.53. The van der Waals surface area contributed by atoms with E-state index in [0.29, 0.717) is 12.2 Å². The van der Waals surface area contributed by atoms with Crippen molar-refractivity contribution in [3.63, 3.8) is 0 Å². The quantitative estimate of drug-likeness (QED) is 0.725. The molecular weight excluding hydrogens is 260 g/mol. The van der Waals surface area contributed by atoms with Crippen molar-refractivity contribution in [3.05, 3.63) is 71.4 Å². The number of pyridine rings is 1. The minimum absolute atomic E-state index is 0.478. The average Bonchev–Trinajstić information content (AvgIpc) is 2.53. The smallest absolute Gasteiger partial charge is 0.129 e. The first-order valence-corrected chi connectivity index (χ1v) is 6.74. The Morgan fingerprint density at radius 1 is 1.14 bits per heavy atom. The van der Waals surface area contributed by atoms with Crippen LogP contribution in [0.25, 0.3) is 10.9 Å². The molecule has 3 rings (SSSR count). The molecule has 0 aliphatic heterocycles. The van der Waals surface area contributed by atoms with Crippen LogP contribution in [0.3, 0.4) is 0 Å². The van der Waals surface area contributed by atoms with Crippen LogP contribution in [0.4, 0.5) is 0 Å². The van der Waals surface area contributed by atoms with E-state index in [1.165, 1.54) is 0 Å². The van der Waals surface area contributed by atoms with Gasteiger partial charge in [-0.2, -0.15) is 5.26 Å². The van der Waals surface area contributed by atoms with Crippen LogP contribution in [0.1, 0.15) is 16.7 Å². The molecule has 0 aliphatic carbocycles. The first kappa shape index (κ1) is 13.1. The lowest BCUT2D eigenvalue weighted by Gasteiger charge is -2.11. The molecule has 0 amide bonds. The Bertz CT molecular complexity index is 829. The van der Waals surface area contributed by atoms with Crippen LogP contribution < -0.4 is 4.74 Å². The fraction of sp³-hybridized carbons (Fsp3) is 0.111. The molecule has 0 saturated carbocycles. The minimum atomic E-state index is 0.478. The van der Waals surface area contributed by atoms with Crippen molar-refractivity contribution in [2.24, 2.45) is 0 Å². The lowest BCUT2D eigenvalue weighted by atomic mass is 10.1. The first-order chi connectivity index (χ1) is 10.3. The van der Waals surface area contributed by atoms with E-state index in [2.05, 4.69) is 11.1 Å². The van der Waals surface area contributed by atoms with Crippen molar-refractivity contribution < 1.29 is 4.74 Å². The summed E-state index contributed by atoms with van der Waals surface area (Å²) in [7, 11) is 0. The standard InChI is InChI=1S/C18H14N2O/c1-13-10-14(11-19)7-8-15(13)12-21-18-6-2-5-17-16(18)4-3-9-20-17/h2-10H,12H2,1H3. The van der Waals surface area contributed by atoms with E-state index in [9.17, 15) is 0 Å². The number of rotatable bonds is 3. The molecule has 0 saturated heterocycles. The maximum atomic E-state index is 8.89. The van der Waals surface area contributed by atoms with Crippen molar-refractivity contribution in [1.82, 2.24) is 4.98 Å². The summed E-state index contributed by atoms with van der Waals surface area (Å²) in [4.78, 5) is 4.32. The SMILES string of the molecule is Cc1cc(C#N)ccc1COc1cccc2ncccc12. The highest BCUT2D eigenvalue weighted by atomic mass is 16.5. The van der Waals surface area contributed by atoms with Gasteiger partial charge in [-0.15, -0.1) is 0 Å². The molecule has 1 heterocycles. The summed E-state index contributed by atoms with van der Waals surface area (Å²) in [6.45, 7) is 2.47. The van der Waals surface area contributed by atoms with Gasteiger partial charge < -0.3 is 4.74 Å². The second-order valence-corrected chi connectivity index (χ2v) is 4.87. The number of hydrogen-bond acceptors (Lipinski definition) is 3. The van der Waals surface area contributed by atoms with Crippen LogP contribution >= 0.6 is 0 Å². The Balaban J connectivity index is 1.86. The maximum absolute atomic E-state index is 8.89. The van der Waals surface area contributed by atoms with Crippen LogP contribution in [0.5, 0.6) is 5.75 Å². The number of hydrogen-bond donors (Lipinski definition) is 0. The third-order valence-corrected chi connectivity index (χ3v) is 3.46. The molecule has 102 valence electrons. The van der Waals surface area contributed by atoms with Gasteiger partial charge in [0, 0.05) is 11.6 Å². The minimum Gasteiger partial charge on any atom is -0.488 e. The van der Waals surface area contributed by atoms with Gasteiger partial charge >= 0.3 is 0 Å². The van der Waals surface area contributed by atoms with E-state index in [1.54, 1.807) is 6.20 Å². The lowest BCUT2D eigenvalue weighted by molar-refractivity contribution is 0.309. The predicted molar refractivity (Wildman–Crippen MR) is 82.0 cm³/mol. The van der Waals surface area contributed by atoms with Gasteiger partial charge in [-0.3, -0.25) is 4.98 Å². The van der Waals surface area contributed by atoms with Crippen LogP contribution in [0, 0.1) is 18.3 Å². The van der Waals surface area contributed by atoms with E-state index in [4.69, 9.17) is 10.00 Å². The van der Waals surface area contributed by atoms with Gasteiger partial charge in [-0.1, -0.05) is 12.1 Å². The van der Waals surface area contributed by atoms with E-state index in [-0.39, 0.29) is 0 Å². The monoisotopic (exact) mass is 274 g/mol. The topological polar surface area (TPSA) is 45.9 Å². The molecule has 0 fully saturated rings. The van der Waals surface area contributed by atoms with Crippen molar-refractivity contribution in [3.8, 4) is 11.8 Å². The number of fused-ring (bicyclic) bond motifs is 1. The van der Waals surface area contributed by atoms with Crippen LogP contribution in [0.2, 0.25) is 0 Å². The zero-order valence-corrected chi connectivity index (χ0v) is 11.7. The Morgan fingerprint density at radius 3 is 2.86 bits per heavy atom. The third-order valence-electron chi connectivity index (χ3n) is 3.46. The largest absolute Gasteiger partial charge is 0.488 e. The summed E-state index contributed by atoms with van der Waals surface area (Å²) < 4.78 is 5.94. The van der Waals surface area contributed by atoms with Crippen LogP contribution in [-0.2, 0) is 6.61 Å². The van der Waals surface area contributed by atoms with Crippen LogP contribution in [-0.4, -0.2) is 4.98 Å². The normalized spacial score (nSPS) is 10.3. The number of benzene rings is 2. The lowest BCUT2D eigenvalue weighted by Crippen LogP contribution is -1.99. The highest BCUT2D eigenvalue weighted by Crippen LogP contribution is 2.25. The van der Waals surface area contributed by atoms with E-state index in [1.807, 2.05) is 55.5 Å². The van der Waals surface area contributed by atoms with E-state index >= 15 is 0 Å². The highest BCUT2D eigenvalue weighted by molar-refractivity contribution is 5.84. The Morgan fingerprint density at radius 2 is 2.05 bits per heavy atom. The van der Waals surface area contributed by atoms with Gasteiger partial charge in [0.25, 0.3) is 0 Å². The second-order valence-electron chi connectivity index (χ2n) is 4.87. The molecule has 3 heteroatoms. The summed E-state index contributed by atoms with van der Waals surface area (Å²) in [6.07, 6.45) is 1.77. The molecule has 0 unspecified atom stereocenters. The molecule has 3 nitrogen and oxygen atoms in total. The molecule has 0 spiro atoms. The average molecular weight is 274 g/mol. The molecular formula is C18H14N2O. The highest BCUT2D eigenvalue weighted by Gasteiger charge is 2.05. The van der Waals surface area contributed by atoms with Crippen LogP contribution in [0.15, 0.2) is 54.7 Å². The fourth-order valence-electron chi connectivity index (χ4n) is 2.28. The number of aromatic nitrogens is 1. The Hall–Kier alpha value is -2.86. The van der Waals surface area contributed by atoms with Gasteiger partial charge in [0.15, 0.2) is 0 Å². The zero-order valence-electron chi connectivity index (χ0n) is 11.7. The number of nitrogens with zero attached hydrogens (tertiary/aromatic N) is 2. The third kappa shape index (κ3) is 2.70. The van der Waals surface area contributed by atoms with Crippen molar-refractivity contribution in [2.75, 3.05) is 0 Å². The molecule has 3 aromatic rings. The predicted octanol–water partition coefficient (Wildman–Crippen LogP) is 3.99. The van der Waals surface area contributed by atoms with Gasteiger partial charge in [0.1, 0.15) is 12.4 Å². The summed E-state index contributed by atoms with van der Waals surface area (Å²) in [6, 6.07) is 17.5. The van der Waals surface area contributed by atoms with Gasteiger partial charge in [-0.25, -0.2) is 0 Å². The maximum Gasteiger partial charge on any atom is 0.129 e.